The second-order valence-corrected chi connectivity index (χ2v) is 8.04. The number of nitrogens with zero attached hydrogens (tertiary/aromatic N) is 3. The van der Waals surface area contributed by atoms with Crippen LogP contribution in [-0.2, 0) is 9.59 Å². The maximum Gasteiger partial charge on any atom is 0.246 e. The standard InChI is InChI=1S/C25H28N4O3/c1-4-24(31)28(19-11-12-19)16-23(30)27-25-26-22(18-7-13-21(32-3)14-8-18)15-29(25)20-9-5-17(2)6-10-20/h5-10,13-15,19H,4,11-12,16H2,1-3H3,(H,26,27,30). The average Bonchev–Trinajstić information content (AvgIpc) is 3.57. The van der Waals surface area contributed by atoms with Crippen LogP contribution in [0.4, 0.5) is 5.95 Å². The summed E-state index contributed by atoms with van der Waals surface area (Å²) >= 11 is 0. The highest BCUT2D eigenvalue weighted by molar-refractivity contribution is 5.94. The number of carbonyl (C=O) groups excluding carboxylic acids is 2. The van der Waals surface area contributed by atoms with Crippen LogP contribution in [0.5, 0.6) is 5.75 Å². The number of imidazole rings is 1. The van der Waals surface area contributed by atoms with E-state index < -0.39 is 0 Å². The van der Waals surface area contributed by atoms with Crippen molar-refractivity contribution in [1.29, 1.82) is 0 Å². The lowest BCUT2D eigenvalue weighted by atomic mass is 10.1. The zero-order valence-electron chi connectivity index (χ0n) is 18.7. The van der Waals surface area contributed by atoms with Crippen LogP contribution in [0.3, 0.4) is 0 Å². The highest BCUT2D eigenvalue weighted by atomic mass is 16.5. The van der Waals surface area contributed by atoms with E-state index in [1.165, 1.54) is 0 Å². The Hall–Kier alpha value is -3.61. The molecule has 1 N–H and O–H groups in total. The van der Waals surface area contributed by atoms with Gasteiger partial charge in [-0.25, -0.2) is 4.98 Å². The van der Waals surface area contributed by atoms with Crippen LogP contribution in [0.2, 0.25) is 0 Å². The van der Waals surface area contributed by atoms with Gasteiger partial charge in [0.1, 0.15) is 12.3 Å². The van der Waals surface area contributed by atoms with Crippen LogP contribution in [0, 0.1) is 6.92 Å². The van der Waals surface area contributed by atoms with E-state index in [0.717, 1.165) is 41.1 Å². The second kappa shape index (κ2) is 9.26. The molecule has 2 amide bonds. The van der Waals surface area contributed by atoms with Crippen LogP contribution in [-0.4, -0.2) is 46.0 Å². The fraction of sp³-hybridized carbons (Fsp3) is 0.320. The Morgan fingerprint density at radius 3 is 2.41 bits per heavy atom. The van der Waals surface area contributed by atoms with Gasteiger partial charge < -0.3 is 9.64 Å². The summed E-state index contributed by atoms with van der Waals surface area (Å²) < 4.78 is 7.10. The first-order valence-corrected chi connectivity index (χ1v) is 10.9. The highest BCUT2D eigenvalue weighted by Crippen LogP contribution is 2.28. The summed E-state index contributed by atoms with van der Waals surface area (Å²) in [5.74, 6) is 0.938. The molecule has 0 aliphatic heterocycles. The molecule has 0 spiro atoms. The molecule has 0 saturated heterocycles. The molecule has 1 aromatic heterocycles. The van der Waals surface area contributed by atoms with Gasteiger partial charge in [-0.2, -0.15) is 0 Å². The number of amides is 2. The van der Waals surface area contributed by atoms with Gasteiger partial charge in [-0.05, 0) is 56.2 Å². The fourth-order valence-electron chi connectivity index (χ4n) is 3.60. The Kier molecular flexibility index (Phi) is 6.25. The zero-order valence-corrected chi connectivity index (χ0v) is 18.7. The van der Waals surface area contributed by atoms with E-state index >= 15 is 0 Å². The first-order chi connectivity index (χ1) is 15.5. The molecular weight excluding hydrogens is 404 g/mol. The highest BCUT2D eigenvalue weighted by Gasteiger charge is 2.33. The number of anilines is 1. The van der Waals surface area contributed by atoms with E-state index in [2.05, 4.69) is 5.32 Å². The van der Waals surface area contributed by atoms with Crippen molar-refractivity contribution in [2.75, 3.05) is 19.0 Å². The van der Waals surface area contributed by atoms with Gasteiger partial charge in [-0.3, -0.25) is 19.5 Å². The van der Waals surface area contributed by atoms with E-state index in [9.17, 15) is 9.59 Å². The number of benzene rings is 2. The molecule has 0 bridgehead atoms. The molecule has 1 saturated carbocycles. The Balaban J connectivity index is 1.62. The van der Waals surface area contributed by atoms with Crippen molar-refractivity contribution in [2.24, 2.45) is 0 Å². The number of methoxy groups -OCH3 is 1. The quantitative estimate of drug-likeness (QED) is 0.579. The SMILES string of the molecule is CCC(=O)N(CC(=O)Nc1nc(-c2ccc(OC)cc2)cn1-c1ccc(C)cc1)C1CC1. The molecule has 1 aliphatic carbocycles. The lowest BCUT2D eigenvalue weighted by molar-refractivity contribution is -0.135. The monoisotopic (exact) mass is 432 g/mol. The average molecular weight is 433 g/mol. The summed E-state index contributed by atoms with van der Waals surface area (Å²) in [5, 5.41) is 2.92. The van der Waals surface area contributed by atoms with E-state index in [0.29, 0.717) is 12.4 Å². The Morgan fingerprint density at radius 1 is 1.12 bits per heavy atom. The molecule has 0 radical (unpaired) electrons. The molecule has 32 heavy (non-hydrogen) atoms. The number of rotatable bonds is 8. The smallest absolute Gasteiger partial charge is 0.246 e. The van der Waals surface area contributed by atoms with Crippen molar-refractivity contribution in [3.63, 3.8) is 0 Å². The summed E-state index contributed by atoms with van der Waals surface area (Å²) in [6.07, 6.45) is 4.21. The van der Waals surface area contributed by atoms with Gasteiger partial charge in [0.05, 0.1) is 12.8 Å². The molecule has 4 rings (SSSR count). The maximum atomic E-state index is 12.9. The number of carbonyl (C=O) groups is 2. The van der Waals surface area contributed by atoms with E-state index in [4.69, 9.17) is 9.72 Å². The Labute approximate surface area is 188 Å². The predicted molar refractivity (Wildman–Crippen MR) is 124 cm³/mol. The predicted octanol–water partition coefficient (Wildman–Crippen LogP) is 4.20. The van der Waals surface area contributed by atoms with Gasteiger partial charge in [0, 0.05) is 29.9 Å². The van der Waals surface area contributed by atoms with Gasteiger partial charge in [0.2, 0.25) is 17.8 Å². The van der Waals surface area contributed by atoms with Crippen molar-refractivity contribution in [3.05, 3.63) is 60.3 Å². The molecule has 7 nitrogen and oxygen atoms in total. The minimum Gasteiger partial charge on any atom is -0.497 e. The number of hydrogen-bond donors (Lipinski definition) is 1. The Morgan fingerprint density at radius 2 is 1.81 bits per heavy atom. The third-order valence-electron chi connectivity index (χ3n) is 5.58. The van der Waals surface area contributed by atoms with E-state index in [1.54, 1.807) is 12.0 Å². The molecular formula is C25H28N4O3. The molecule has 0 atom stereocenters. The third kappa shape index (κ3) is 4.82. The lowest BCUT2D eigenvalue weighted by Gasteiger charge is -2.21. The van der Waals surface area contributed by atoms with Crippen LogP contribution in [0.15, 0.2) is 54.7 Å². The van der Waals surface area contributed by atoms with Gasteiger partial charge in [-0.1, -0.05) is 24.6 Å². The molecule has 2 aromatic carbocycles. The van der Waals surface area contributed by atoms with Crippen molar-refractivity contribution >= 4 is 17.8 Å². The van der Waals surface area contributed by atoms with Crippen molar-refractivity contribution in [1.82, 2.24) is 14.5 Å². The maximum absolute atomic E-state index is 12.9. The first kappa shape index (κ1) is 21.6. The van der Waals surface area contributed by atoms with Crippen molar-refractivity contribution in [3.8, 4) is 22.7 Å². The molecule has 1 heterocycles. The minimum absolute atomic E-state index is 0.00319. The van der Waals surface area contributed by atoms with Gasteiger partial charge in [-0.15, -0.1) is 0 Å². The molecule has 7 heteroatoms. The zero-order chi connectivity index (χ0) is 22.7. The van der Waals surface area contributed by atoms with Crippen molar-refractivity contribution in [2.45, 2.75) is 39.2 Å². The minimum atomic E-state index is -0.251. The molecule has 0 unspecified atom stereocenters. The number of hydrogen-bond acceptors (Lipinski definition) is 4. The summed E-state index contributed by atoms with van der Waals surface area (Å²) in [7, 11) is 1.63. The summed E-state index contributed by atoms with van der Waals surface area (Å²) in [6.45, 7) is 3.89. The normalized spacial score (nSPS) is 13.0. The van der Waals surface area contributed by atoms with E-state index in [-0.39, 0.29) is 24.4 Å². The second-order valence-electron chi connectivity index (χ2n) is 8.04. The first-order valence-electron chi connectivity index (χ1n) is 10.9. The number of nitrogens with one attached hydrogen (secondary N) is 1. The topological polar surface area (TPSA) is 76.5 Å². The van der Waals surface area contributed by atoms with Crippen LogP contribution < -0.4 is 10.1 Å². The van der Waals surface area contributed by atoms with Crippen molar-refractivity contribution < 1.29 is 14.3 Å². The molecule has 1 fully saturated rings. The number of ether oxygens (including phenoxy) is 1. The fourth-order valence-corrected chi connectivity index (χ4v) is 3.60. The van der Waals surface area contributed by atoms with Crippen LogP contribution >= 0.6 is 0 Å². The van der Waals surface area contributed by atoms with Gasteiger partial charge in [0.15, 0.2) is 0 Å². The Bertz CT molecular complexity index is 1100. The lowest BCUT2D eigenvalue weighted by Crippen LogP contribution is -2.39. The number of aromatic nitrogens is 2. The van der Waals surface area contributed by atoms with Gasteiger partial charge in [0.25, 0.3) is 0 Å². The van der Waals surface area contributed by atoms with E-state index in [1.807, 2.05) is 73.1 Å². The third-order valence-corrected chi connectivity index (χ3v) is 5.58. The summed E-state index contributed by atoms with van der Waals surface area (Å²) in [6, 6.07) is 15.8. The number of aryl methyl sites for hydroxylation is 1. The summed E-state index contributed by atoms with van der Waals surface area (Å²) in [5.41, 5.74) is 3.68. The molecule has 166 valence electrons. The van der Waals surface area contributed by atoms with Crippen LogP contribution in [0.1, 0.15) is 31.7 Å². The van der Waals surface area contributed by atoms with Crippen LogP contribution in [0.25, 0.3) is 16.9 Å². The summed E-state index contributed by atoms with van der Waals surface area (Å²) in [4.78, 5) is 31.5. The van der Waals surface area contributed by atoms with Gasteiger partial charge >= 0.3 is 0 Å². The molecule has 1 aliphatic rings. The largest absolute Gasteiger partial charge is 0.497 e. The molecule has 3 aromatic rings.